The van der Waals surface area contributed by atoms with E-state index < -0.39 is 17.5 Å². The van der Waals surface area contributed by atoms with Gasteiger partial charge in [-0.1, -0.05) is 13.0 Å². The van der Waals surface area contributed by atoms with Crippen molar-refractivity contribution in [2.45, 2.75) is 19.4 Å². The molecule has 0 aliphatic heterocycles. The highest BCUT2D eigenvalue weighted by atomic mass is 19.1. The van der Waals surface area contributed by atoms with Crippen molar-refractivity contribution in [1.29, 1.82) is 0 Å². The van der Waals surface area contributed by atoms with Gasteiger partial charge in [0.1, 0.15) is 29.1 Å². The van der Waals surface area contributed by atoms with Crippen molar-refractivity contribution in [2.75, 3.05) is 5.32 Å². The number of nitrogens with one attached hydrogen (secondary N) is 2. The predicted octanol–water partition coefficient (Wildman–Crippen LogP) is 2.56. The summed E-state index contributed by atoms with van der Waals surface area (Å²) in [6.07, 6.45) is 3.47. The molecule has 4 rings (SSSR count). The smallest absolute Gasteiger partial charge is 0.349 e. The van der Waals surface area contributed by atoms with E-state index in [1.54, 1.807) is 6.07 Å². The summed E-state index contributed by atoms with van der Waals surface area (Å²) in [5.74, 6) is 0.0243. The van der Waals surface area contributed by atoms with Gasteiger partial charge in [0.15, 0.2) is 11.5 Å². The van der Waals surface area contributed by atoms with Crippen LogP contribution < -0.4 is 10.9 Å². The molecule has 3 heterocycles. The Morgan fingerprint density at radius 1 is 1.32 bits per heavy atom. The van der Waals surface area contributed by atoms with Gasteiger partial charge in [0.25, 0.3) is 0 Å². The van der Waals surface area contributed by atoms with Crippen LogP contribution in [-0.2, 0) is 0 Å². The lowest BCUT2D eigenvalue weighted by atomic mass is 10.2. The van der Waals surface area contributed by atoms with Crippen molar-refractivity contribution in [2.24, 2.45) is 0 Å². The molecule has 126 valence electrons. The molecule has 0 saturated heterocycles. The van der Waals surface area contributed by atoms with E-state index in [0.29, 0.717) is 23.4 Å². The summed E-state index contributed by atoms with van der Waals surface area (Å²) in [6, 6.07) is 3.85. The lowest BCUT2D eigenvalue weighted by Gasteiger charge is -2.16. The Labute approximate surface area is 140 Å². The molecule has 0 unspecified atom stereocenters. The molecule has 0 radical (unpaired) electrons. The van der Waals surface area contributed by atoms with Crippen molar-refractivity contribution < 1.29 is 8.81 Å². The fourth-order valence-electron chi connectivity index (χ4n) is 2.62. The largest absolute Gasteiger partial charge is 0.405 e. The Balaban J connectivity index is 1.78. The monoisotopic (exact) mass is 340 g/mol. The Hall–Kier alpha value is -3.36. The number of aromatic nitrogens is 5. The molecule has 0 aliphatic carbocycles. The molecule has 1 atom stereocenters. The third-order valence-corrected chi connectivity index (χ3v) is 3.86. The molecule has 25 heavy (non-hydrogen) atoms. The SMILES string of the molecule is CC[C@H](Nc1ncnc2nc[nH]c12)c1nc2cccc(F)c2c(=O)o1. The summed E-state index contributed by atoms with van der Waals surface area (Å²) in [6.45, 7) is 1.90. The highest BCUT2D eigenvalue weighted by Gasteiger charge is 2.19. The molecule has 0 spiro atoms. The number of hydrogen-bond donors (Lipinski definition) is 2. The number of rotatable bonds is 4. The van der Waals surface area contributed by atoms with Crippen LogP contribution in [0.1, 0.15) is 25.3 Å². The van der Waals surface area contributed by atoms with Crippen molar-refractivity contribution in [3.05, 3.63) is 53.0 Å². The van der Waals surface area contributed by atoms with Crippen molar-refractivity contribution in [3.63, 3.8) is 0 Å². The minimum atomic E-state index is -0.757. The zero-order valence-electron chi connectivity index (χ0n) is 13.2. The number of fused-ring (bicyclic) bond motifs is 2. The van der Waals surface area contributed by atoms with Gasteiger partial charge in [0, 0.05) is 0 Å². The second-order valence-electron chi connectivity index (χ2n) is 5.40. The summed E-state index contributed by atoms with van der Waals surface area (Å²) in [4.78, 5) is 31.7. The van der Waals surface area contributed by atoms with Crippen molar-refractivity contribution in [1.82, 2.24) is 24.9 Å². The standard InChI is InChI=1S/C16H13FN6O2/c1-2-9(22-14-12-13(19-6-18-12)20-7-21-14)15-23-10-5-3-4-8(17)11(10)16(24)25-15/h3-7,9H,2H2,1H3,(H2,18,19,20,21,22)/t9-/m0/s1. The number of imidazole rings is 1. The van der Waals surface area contributed by atoms with Crippen LogP contribution in [0.15, 0.2) is 40.1 Å². The number of hydrogen-bond acceptors (Lipinski definition) is 7. The number of halogens is 1. The molecule has 0 saturated carbocycles. The Bertz CT molecular complexity index is 1120. The minimum Gasteiger partial charge on any atom is -0.405 e. The first-order valence-corrected chi connectivity index (χ1v) is 7.67. The third-order valence-electron chi connectivity index (χ3n) is 3.86. The second-order valence-corrected chi connectivity index (χ2v) is 5.40. The first kappa shape index (κ1) is 15.2. The van der Waals surface area contributed by atoms with Crippen LogP contribution in [0, 0.1) is 5.82 Å². The van der Waals surface area contributed by atoms with Gasteiger partial charge in [-0.15, -0.1) is 0 Å². The van der Waals surface area contributed by atoms with Gasteiger partial charge in [-0.3, -0.25) is 0 Å². The molecule has 1 aromatic carbocycles. The molecule has 3 aromatic heterocycles. The van der Waals surface area contributed by atoms with Crippen LogP contribution >= 0.6 is 0 Å². The average Bonchev–Trinajstić information content (AvgIpc) is 3.08. The molecule has 0 bridgehead atoms. The number of anilines is 1. The van der Waals surface area contributed by atoms with Crippen LogP contribution in [0.2, 0.25) is 0 Å². The van der Waals surface area contributed by atoms with E-state index in [4.69, 9.17) is 4.42 Å². The van der Waals surface area contributed by atoms with E-state index in [1.165, 1.54) is 24.8 Å². The fourth-order valence-corrected chi connectivity index (χ4v) is 2.62. The Morgan fingerprint density at radius 2 is 2.20 bits per heavy atom. The predicted molar refractivity (Wildman–Crippen MR) is 88.6 cm³/mol. The van der Waals surface area contributed by atoms with Gasteiger partial charge >= 0.3 is 5.63 Å². The van der Waals surface area contributed by atoms with Crippen LogP contribution in [0.3, 0.4) is 0 Å². The van der Waals surface area contributed by atoms with Crippen LogP contribution in [0.4, 0.5) is 10.2 Å². The van der Waals surface area contributed by atoms with E-state index in [-0.39, 0.29) is 16.8 Å². The Kier molecular flexibility index (Phi) is 3.60. The summed E-state index contributed by atoms with van der Waals surface area (Å²) in [5, 5.41) is 3.02. The van der Waals surface area contributed by atoms with Gasteiger partial charge in [-0.2, -0.15) is 0 Å². The summed E-state index contributed by atoms with van der Waals surface area (Å²) >= 11 is 0. The lowest BCUT2D eigenvalue weighted by molar-refractivity contribution is 0.412. The summed E-state index contributed by atoms with van der Waals surface area (Å²) in [5.41, 5.74) is 0.645. The van der Waals surface area contributed by atoms with Gasteiger partial charge in [-0.05, 0) is 18.6 Å². The first-order chi connectivity index (χ1) is 12.2. The first-order valence-electron chi connectivity index (χ1n) is 7.67. The van der Waals surface area contributed by atoms with Crippen molar-refractivity contribution in [3.8, 4) is 0 Å². The number of nitrogens with zero attached hydrogens (tertiary/aromatic N) is 4. The molecule has 0 amide bonds. The van der Waals surface area contributed by atoms with Crippen molar-refractivity contribution >= 4 is 27.9 Å². The second kappa shape index (κ2) is 5.93. The quantitative estimate of drug-likeness (QED) is 0.587. The summed E-state index contributed by atoms with van der Waals surface area (Å²) < 4.78 is 19.1. The number of aromatic amines is 1. The maximum absolute atomic E-state index is 13.8. The topological polar surface area (TPSA) is 110 Å². The van der Waals surface area contributed by atoms with Gasteiger partial charge in [-0.25, -0.2) is 29.1 Å². The zero-order chi connectivity index (χ0) is 17.4. The van der Waals surface area contributed by atoms with E-state index in [1.807, 2.05) is 6.92 Å². The van der Waals surface area contributed by atoms with Gasteiger partial charge < -0.3 is 14.7 Å². The Morgan fingerprint density at radius 3 is 3.04 bits per heavy atom. The number of benzene rings is 1. The van der Waals surface area contributed by atoms with E-state index in [0.717, 1.165) is 0 Å². The van der Waals surface area contributed by atoms with Crippen LogP contribution in [0.5, 0.6) is 0 Å². The normalized spacial score (nSPS) is 12.6. The highest BCUT2D eigenvalue weighted by Crippen LogP contribution is 2.24. The molecule has 8 nitrogen and oxygen atoms in total. The zero-order valence-corrected chi connectivity index (χ0v) is 13.2. The molecule has 4 aromatic rings. The van der Waals surface area contributed by atoms with Crippen LogP contribution in [-0.4, -0.2) is 24.9 Å². The number of H-pyrrole nitrogens is 1. The molecule has 0 fully saturated rings. The maximum Gasteiger partial charge on any atom is 0.349 e. The average molecular weight is 340 g/mol. The third kappa shape index (κ3) is 2.59. The van der Waals surface area contributed by atoms with E-state index >= 15 is 0 Å². The van der Waals surface area contributed by atoms with Gasteiger partial charge in [0.2, 0.25) is 5.89 Å². The van der Waals surface area contributed by atoms with Gasteiger partial charge in [0.05, 0.1) is 11.8 Å². The fraction of sp³-hybridized carbons (Fsp3) is 0.188. The highest BCUT2D eigenvalue weighted by molar-refractivity contribution is 5.82. The molecular formula is C16H13FN6O2. The summed E-state index contributed by atoms with van der Waals surface area (Å²) in [7, 11) is 0. The maximum atomic E-state index is 13.8. The minimum absolute atomic E-state index is 0.154. The van der Waals surface area contributed by atoms with E-state index in [2.05, 4.69) is 30.2 Å². The molecular weight excluding hydrogens is 327 g/mol. The molecule has 9 heteroatoms. The van der Waals surface area contributed by atoms with Crippen LogP contribution in [0.25, 0.3) is 22.1 Å². The lowest BCUT2D eigenvalue weighted by Crippen LogP contribution is -2.16. The van der Waals surface area contributed by atoms with E-state index in [9.17, 15) is 9.18 Å². The molecule has 0 aliphatic rings. The molecule has 2 N–H and O–H groups in total.